The molecule has 1 fully saturated rings. The molecule has 0 aliphatic heterocycles. The number of nitrogens with one attached hydrogen (secondary N) is 2. The van der Waals surface area contributed by atoms with Gasteiger partial charge in [-0.1, -0.05) is 6.92 Å². The molecule has 1 aromatic heterocycles. The molecule has 4 rings (SSSR count). The van der Waals surface area contributed by atoms with Gasteiger partial charge in [-0.05, 0) is 49.2 Å². The summed E-state index contributed by atoms with van der Waals surface area (Å²) in [4.78, 5) is 28.8. The van der Waals surface area contributed by atoms with Gasteiger partial charge < -0.3 is 20.1 Å². The standard InChI is InChI=1S/C23H23N3O4/c1-23(9-10-23)22(28)26-14-4-6-15(7-5-14)30-19-8-11-25-18-13-20(29-3)17(12-16(18)19)21(27)24-2/h4-8,11-13H,9-10H2,1-3H3,(H,24,27)(H,26,28). The van der Waals surface area contributed by atoms with E-state index >= 15 is 0 Å². The average Bonchev–Trinajstić information content (AvgIpc) is 3.52. The van der Waals surface area contributed by atoms with Gasteiger partial charge in [0.05, 0.1) is 18.2 Å². The highest BCUT2D eigenvalue weighted by molar-refractivity contribution is 6.02. The number of ether oxygens (including phenoxy) is 2. The van der Waals surface area contributed by atoms with E-state index in [0.29, 0.717) is 33.7 Å². The molecule has 0 saturated heterocycles. The van der Waals surface area contributed by atoms with Gasteiger partial charge in [-0.2, -0.15) is 0 Å². The number of benzene rings is 2. The maximum atomic E-state index is 12.2. The Balaban J connectivity index is 1.60. The quantitative estimate of drug-likeness (QED) is 0.644. The molecule has 0 radical (unpaired) electrons. The Morgan fingerprint density at radius 1 is 1.07 bits per heavy atom. The van der Waals surface area contributed by atoms with Crippen molar-refractivity contribution in [2.45, 2.75) is 19.8 Å². The van der Waals surface area contributed by atoms with Crippen LogP contribution in [0.3, 0.4) is 0 Å². The van der Waals surface area contributed by atoms with Gasteiger partial charge in [0.15, 0.2) is 0 Å². The SMILES string of the molecule is CNC(=O)c1cc2c(Oc3ccc(NC(=O)C4(C)CC4)cc3)ccnc2cc1OC. The molecule has 2 N–H and O–H groups in total. The predicted molar refractivity (Wildman–Crippen MR) is 114 cm³/mol. The fourth-order valence-electron chi connectivity index (χ4n) is 3.15. The molecule has 2 aromatic carbocycles. The maximum absolute atomic E-state index is 12.2. The van der Waals surface area contributed by atoms with E-state index in [1.807, 2.05) is 6.92 Å². The second kappa shape index (κ2) is 7.67. The normalized spacial score (nSPS) is 14.1. The lowest BCUT2D eigenvalue weighted by atomic mass is 10.1. The van der Waals surface area contributed by atoms with E-state index in [4.69, 9.17) is 9.47 Å². The lowest BCUT2D eigenvalue weighted by Gasteiger charge is -2.13. The van der Waals surface area contributed by atoms with Crippen molar-refractivity contribution in [2.24, 2.45) is 5.41 Å². The van der Waals surface area contributed by atoms with E-state index in [2.05, 4.69) is 15.6 Å². The van der Waals surface area contributed by atoms with Crippen LogP contribution in [0.4, 0.5) is 5.69 Å². The largest absolute Gasteiger partial charge is 0.496 e. The van der Waals surface area contributed by atoms with Crippen LogP contribution in [0.1, 0.15) is 30.1 Å². The molecule has 1 aliphatic rings. The Bertz CT molecular complexity index is 1120. The van der Waals surface area contributed by atoms with Crippen LogP contribution in [-0.4, -0.2) is 31.0 Å². The Labute approximate surface area is 174 Å². The molecular weight excluding hydrogens is 382 g/mol. The molecule has 1 saturated carbocycles. The Hall–Kier alpha value is -3.61. The maximum Gasteiger partial charge on any atom is 0.254 e. The van der Waals surface area contributed by atoms with Crippen molar-refractivity contribution in [3.05, 3.63) is 54.2 Å². The zero-order chi connectivity index (χ0) is 21.3. The van der Waals surface area contributed by atoms with Crippen molar-refractivity contribution >= 4 is 28.4 Å². The van der Waals surface area contributed by atoms with Crippen molar-refractivity contribution in [1.29, 1.82) is 0 Å². The molecule has 3 aromatic rings. The number of pyridine rings is 1. The van der Waals surface area contributed by atoms with Gasteiger partial charge in [0.25, 0.3) is 5.91 Å². The molecule has 0 atom stereocenters. The van der Waals surface area contributed by atoms with E-state index < -0.39 is 0 Å². The molecule has 30 heavy (non-hydrogen) atoms. The Kier molecular flexibility index (Phi) is 5.03. The van der Waals surface area contributed by atoms with E-state index in [0.717, 1.165) is 18.5 Å². The van der Waals surface area contributed by atoms with Gasteiger partial charge in [0.1, 0.15) is 17.2 Å². The minimum absolute atomic E-state index is 0.0481. The van der Waals surface area contributed by atoms with Crippen molar-refractivity contribution in [3.63, 3.8) is 0 Å². The number of carbonyl (C=O) groups excluding carboxylic acids is 2. The number of methoxy groups -OCH3 is 1. The monoisotopic (exact) mass is 405 g/mol. The molecule has 7 heteroatoms. The van der Waals surface area contributed by atoms with E-state index in [1.165, 1.54) is 7.11 Å². The van der Waals surface area contributed by atoms with E-state index in [9.17, 15) is 9.59 Å². The molecule has 0 unspecified atom stereocenters. The summed E-state index contributed by atoms with van der Waals surface area (Å²) in [5.41, 5.74) is 1.55. The summed E-state index contributed by atoms with van der Waals surface area (Å²) in [6, 6.07) is 12.4. The molecule has 154 valence electrons. The lowest BCUT2D eigenvalue weighted by Crippen LogP contribution is -2.21. The molecule has 0 bridgehead atoms. The van der Waals surface area contributed by atoms with Gasteiger partial charge in [-0.3, -0.25) is 14.6 Å². The van der Waals surface area contributed by atoms with E-state index in [1.54, 1.807) is 55.7 Å². The minimum atomic E-state index is -0.256. The van der Waals surface area contributed by atoms with Gasteiger partial charge in [0, 0.05) is 35.8 Å². The molecular formula is C23H23N3O4. The highest BCUT2D eigenvalue weighted by Gasteiger charge is 2.44. The first-order valence-corrected chi connectivity index (χ1v) is 9.72. The van der Waals surface area contributed by atoms with Crippen LogP contribution < -0.4 is 20.1 Å². The topological polar surface area (TPSA) is 89.6 Å². The predicted octanol–water partition coefficient (Wildman–Crippen LogP) is 4.13. The number of aromatic nitrogens is 1. The van der Waals surface area contributed by atoms with Gasteiger partial charge in [-0.25, -0.2) is 0 Å². The first-order valence-electron chi connectivity index (χ1n) is 9.72. The number of nitrogens with zero attached hydrogens (tertiary/aromatic N) is 1. The number of carbonyl (C=O) groups is 2. The minimum Gasteiger partial charge on any atom is -0.496 e. The van der Waals surface area contributed by atoms with Crippen LogP contribution in [-0.2, 0) is 4.79 Å². The Morgan fingerprint density at radius 3 is 2.43 bits per heavy atom. The van der Waals surface area contributed by atoms with Crippen LogP contribution >= 0.6 is 0 Å². The fourth-order valence-corrected chi connectivity index (χ4v) is 3.15. The van der Waals surface area contributed by atoms with E-state index in [-0.39, 0.29) is 17.2 Å². The van der Waals surface area contributed by atoms with Crippen LogP contribution in [0, 0.1) is 5.41 Å². The van der Waals surface area contributed by atoms with Crippen molar-refractivity contribution < 1.29 is 19.1 Å². The zero-order valence-corrected chi connectivity index (χ0v) is 17.1. The molecule has 1 heterocycles. The average molecular weight is 405 g/mol. The second-order valence-electron chi connectivity index (χ2n) is 7.60. The zero-order valence-electron chi connectivity index (χ0n) is 17.1. The highest BCUT2D eigenvalue weighted by atomic mass is 16.5. The first kappa shape index (κ1) is 19.7. The third-order valence-corrected chi connectivity index (χ3v) is 5.38. The van der Waals surface area contributed by atoms with Gasteiger partial charge in [0.2, 0.25) is 5.91 Å². The summed E-state index contributed by atoms with van der Waals surface area (Å²) in [7, 11) is 3.08. The summed E-state index contributed by atoms with van der Waals surface area (Å²) in [6.07, 6.45) is 3.50. The fraction of sp³-hybridized carbons (Fsp3) is 0.261. The first-order chi connectivity index (χ1) is 14.4. The highest BCUT2D eigenvalue weighted by Crippen LogP contribution is 2.45. The van der Waals surface area contributed by atoms with Crippen LogP contribution in [0.2, 0.25) is 0 Å². The summed E-state index contributed by atoms with van der Waals surface area (Å²) in [5.74, 6) is 1.40. The van der Waals surface area contributed by atoms with Crippen molar-refractivity contribution in [3.8, 4) is 17.2 Å². The summed E-state index contributed by atoms with van der Waals surface area (Å²) >= 11 is 0. The van der Waals surface area contributed by atoms with Crippen LogP contribution in [0.25, 0.3) is 10.9 Å². The van der Waals surface area contributed by atoms with Gasteiger partial charge >= 0.3 is 0 Å². The number of amides is 2. The van der Waals surface area contributed by atoms with Gasteiger partial charge in [-0.15, -0.1) is 0 Å². The Morgan fingerprint density at radius 2 is 1.80 bits per heavy atom. The smallest absolute Gasteiger partial charge is 0.254 e. The van der Waals surface area contributed by atoms with Crippen molar-refractivity contribution in [1.82, 2.24) is 10.3 Å². The third kappa shape index (κ3) is 3.78. The number of hydrogen-bond acceptors (Lipinski definition) is 5. The molecule has 7 nitrogen and oxygen atoms in total. The van der Waals surface area contributed by atoms with Crippen LogP contribution in [0.5, 0.6) is 17.2 Å². The number of rotatable bonds is 6. The molecule has 2 amide bonds. The van der Waals surface area contributed by atoms with Crippen LogP contribution in [0.15, 0.2) is 48.7 Å². The summed E-state index contributed by atoms with van der Waals surface area (Å²) in [6.45, 7) is 1.97. The number of fused-ring (bicyclic) bond motifs is 1. The third-order valence-electron chi connectivity index (χ3n) is 5.38. The summed E-state index contributed by atoms with van der Waals surface area (Å²) in [5, 5.41) is 6.24. The second-order valence-corrected chi connectivity index (χ2v) is 7.60. The van der Waals surface area contributed by atoms with Crippen molar-refractivity contribution in [2.75, 3.05) is 19.5 Å². The lowest BCUT2D eigenvalue weighted by molar-refractivity contribution is -0.120. The summed E-state index contributed by atoms with van der Waals surface area (Å²) < 4.78 is 11.4. The molecule has 1 aliphatic carbocycles. The number of anilines is 1. The number of hydrogen-bond donors (Lipinski definition) is 2. The molecule has 0 spiro atoms.